The molecule has 1 aliphatic rings. The minimum atomic E-state index is 0.267. The fourth-order valence-corrected chi connectivity index (χ4v) is 2.50. The zero-order chi connectivity index (χ0) is 12.0. The van der Waals surface area contributed by atoms with Gasteiger partial charge < -0.3 is 20.2 Å². The Bertz CT molecular complexity index is 189. The Morgan fingerprint density at radius 1 is 1.56 bits per heavy atom. The number of likely N-dealkylation sites (tertiary alicyclic amines) is 1. The number of aliphatic hydroxyl groups is 1. The highest BCUT2D eigenvalue weighted by atomic mass is 16.3. The van der Waals surface area contributed by atoms with E-state index in [1.807, 2.05) is 7.05 Å². The average molecular weight is 229 g/mol. The van der Waals surface area contributed by atoms with Crippen molar-refractivity contribution >= 4 is 0 Å². The molecule has 0 radical (unpaired) electrons. The summed E-state index contributed by atoms with van der Waals surface area (Å²) in [4.78, 5) is 4.83. The second-order valence-electron chi connectivity index (χ2n) is 5.00. The van der Waals surface area contributed by atoms with Crippen LogP contribution in [0.4, 0.5) is 0 Å². The molecular weight excluding hydrogens is 202 g/mol. The van der Waals surface area contributed by atoms with Crippen molar-refractivity contribution in [1.82, 2.24) is 15.1 Å². The molecule has 0 aliphatic carbocycles. The van der Waals surface area contributed by atoms with E-state index in [9.17, 15) is 0 Å². The predicted octanol–water partition coefficient (Wildman–Crippen LogP) is -0.0172. The molecule has 96 valence electrons. The molecule has 2 N–H and O–H groups in total. The Labute approximate surface area is 99.6 Å². The lowest BCUT2D eigenvalue weighted by atomic mass is 10.1. The number of hydrogen-bond acceptors (Lipinski definition) is 4. The van der Waals surface area contributed by atoms with Gasteiger partial charge in [-0.2, -0.15) is 0 Å². The van der Waals surface area contributed by atoms with Gasteiger partial charge in [-0.05, 0) is 47.0 Å². The van der Waals surface area contributed by atoms with Gasteiger partial charge in [-0.1, -0.05) is 0 Å². The lowest BCUT2D eigenvalue weighted by Gasteiger charge is -2.28. The standard InChI is InChI=1S/C12H27N3O/c1-13-11(6-8-16)9-14(2)10-12-5-4-7-15(12)3/h11-13,16H,4-10H2,1-3H3. The van der Waals surface area contributed by atoms with Crippen molar-refractivity contribution in [2.24, 2.45) is 0 Å². The SMILES string of the molecule is CNC(CCO)CN(C)CC1CCCN1C. The molecular formula is C12H27N3O. The highest BCUT2D eigenvalue weighted by molar-refractivity contribution is 4.80. The van der Waals surface area contributed by atoms with Crippen LogP contribution in [-0.4, -0.2) is 74.4 Å². The molecule has 2 atom stereocenters. The van der Waals surface area contributed by atoms with Crippen LogP contribution in [0.3, 0.4) is 0 Å². The summed E-state index contributed by atoms with van der Waals surface area (Å²) in [5.74, 6) is 0. The van der Waals surface area contributed by atoms with E-state index in [4.69, 9.17) is 5.11 Å². The summed E-state index contributed by atoms with van der Waals surface area (Å²) in [5, 5.41) is 12.2. The molecule has 0 aromatic rings. The molecule has 0 aromatic carbocycles. The Kier molecular flexibility index (Phi) is 6.28. The normalized spacial score (nSPS) is 24.2. The zero-order valence-electron chi connectivity index (χ0n) is 10.9. The number of aliphatic hydroxyl groups excluding tert-OH is 1. The van der Waals surface area contributed by atoms with Crippen LogP contribution < -0.4 is 5.32 Å². The van der Waals surface area contributed by atoms with Gasteiger partial charge in [-0.3, -0.25) is 0 Å². The summed E-state index contributed by atoms with van der Waals surface area (Å²) < 4.78 is 0. The van der Waals surface area contributed by atoms with Gasteiger partial charge in [0.2, 0.25) is 0 Å². The zero-order valence-corrected chi connectivity index (χ0v) is 10.9. The lowest BCUT2D eigenvalue weighted by molar-refractivity contribution is 0.193. The van der Waals surface area contributed by atoms with E-state index in [1.54, 1.807) is 0 Å². The second kappa shape index (κ2) is 7.22. The monoisotopic (exact) mass is 229 g/mol. The Hall–Kier alpha value is -0.160. The highest BCUT2D eigenvalue weighted by Gasteiger charge is 2.22. The van der Waals surface area contributed by atoms with Crippen LogP contribution in [0.15, 0.2) is 0 Å². The van der Waals surface area contributed by atoms with Crippen LogP contribution >= 0.6 is 0 Å². The van der Waals surface area contributed by atoms with Crippen molar-refractivity contribution in [2.75, 3.05) is 47.4 Å². The first-order valence-electron chi connectivity index (χ1n) is 6.34. The third kappa shape index (κ3) is 4.37. The summed E-state index contributed by atoms with van der Waals surface area (Å²) in [5.41, 5.74) is 0. The molecule has 1 aliphatic heterocycles. The summed E-state index contributed by atoms with van der Waals surface area (Å²) >= 11 is 0. The molecule has 0 saturated carbocycles. The quantitative estimate of drug-likeness (QED) is 0.644. The Balaban J connectivity index is 2.25. The lowest BCUT2D eigenvalue weighted by Crippen LogP contribution is -2.43. The largest absolute Gasteiger partial charge is 0.396 e. The summed E-state index contributed by atoms with van der Waals surface area (Å²) in [7, 11) is 6.36. The van der Waals surface area contributed by atoms with E-state index in [1.165, 1.54) is 19.4 Å². The minimum absolute atomic E-state index is 0.267. The van der Waals surface area contributed by atoms with Crippen molar-refractivity contribution in [2.45, 2.75) is 31.3 Å². The third-order valence-corrected chi connectivity index (χ3v) is 3.61. The minimum Gasteiger partial charge on any atom is -0.396 e. The number of hydrogen-bond donors (Lipinski definition) is 2. The van der Waals surface area contributed by atoms with Crippen LogP contribution in [0.5, 0.6) is 0 Å². The van der Waals surface area contributed by atoms with Crippen molar-refractivity contribution in [3.63, 3.8) is 0 Å². The van der Waals surface area contributed by atoms with E-state index in [0.29, 0.717) is 6.04 Å². The van der Waals surface area contributed by atoms with E-state index >= 15 is 0 Å². The molecule has 4 nitrogen and oxygen atoms in total. The molecule has 4 heteroatoms. The van der Waals surface area contributed by atoms with Crippen molar-refractivity contribution in [3.8, 4) is 0 Å². The van der Waals surface area contributed by atoms with Gasteiger partial charge in [0.15, 0.2) is 0 Å². The topological polar surface area (TPSA) is 38.7 Å². The molecule has 0 amide bonds. The average Bonchev–Trinajstić information content (AvgIpc) is 2.64. The summed E-state index contributed by atoms with van der Waals surface area (Å²) in [6.07, 6.45) is 3.49. The van der Waals surface area contributed by atoms with E-state index in [0.717, 1.165) is 25.6 Å². The molecule has 1 saturated heterocycles. The molecule has 0 aromatic heterocycles. The number of nitrogens with zero attached hydrogens (tertiary/aromatic N) is 2. The smallest absolute Gasteiger partial charge is 0.0446 e. The van der Waals surface area contributed by atoms with Crippen LogP contribution in [-0.2, 0) is 0 Å². The summed E-state index contributed by atoms with van der Waals surface area (Å²) in [6, 6.07) is 1.12. The van der Waals surface area contributed by atoms with Gasteiger partial charge in [-0.15, -0.1) is 0 Å². The highest BCUT2D eigenvalue weighted by Crippen LogP contribution is 2.15. The molecule has 1 fully saturated rings. The predicted molar refractivity (Wildman–Crippen MR) is 67.7 cm³/mol. The van der Waals surface area contributed by atoms with Gasteiger partial charge >= 0.3 is 0 Å². The number of nitrogens with one attached hydrogen (secondary N) is 1. The maximum absolute atomic E-state index is 8.94. The van der Waals surface area contributed by atoms with Crippen LogP contribution in [0.25, 0.3) is 0 Å². The number of rotatable bonds is 7. The second-order valence-corrected chi connectivity index (χ2v) is 5.00. The molecule has 1 rings (SSSR count). The molecule has 0 spiro atoms. The van der Waals surface area contributed by atoms with Crippen molar-refractivity contribution in [1.29, 1.82) is 0 Å². The summed E-state index contributed by atoms with van der Waals surface area (Å²) in [6.45, 7) is 3.66. The molecule has 1 heterocycles. The third-order valence-electron chi connectivity index (χ3n) is 3.61. The Morgan fingerprint density at radius 3 is 2.81 bits per heavy atom. The molecule has 0 bridgehead atoms. The van der Waals surface area contributed by atoms with E-state index < -0.39 is 0 Å². The maximum Gasteiger partial charge on any atom is 0.0446 e. The van der Waals surface area contributed by atoms with Crippen LogP contribution in [0.2, 0.25) is 0 Å². The van der Waals surface area contributed by atoms with Crippen LogP contribution in [0, 0.1) is 0 Å². The van der Waals surface area contributed by atoms with Crippen LogP contribution in [0.1, 0.15) is 19.3 Å². The van der Waals surface area contributed by atoms with Gasteiger partial charge in [0.1, 0.15) is 0 Å². The first-order valence-corrected chi connectivity index (χ1v) is 6.34. The van der Waals surface area contributed by atoms with E-state index in [-0.39, 0.29) is 6.61 Å². The fourth-order valence-electron chi connectivity index (χ4n) is 2.50. The molecule has 16 heavy (non-hydrogen) atoms. The molecule has 2 unspecified atom stereocenters. The van der Waals surface area contributed by atoms with Gasteiger partial charge in [0.25, 0.3) is 0 Å². The first-order chi connectivity index (χ1) is 7.67. The van der Waals surface area contributed by atoms with Crippen molar-refractivity contribution in [3.05, 3.63) is 0 Å². The Morgan fingerprint density at radius 2 is 2.31 bits per heavy atom. The van der Waals surface area contributed by atoms with Crippen molar-refractivity contribution < 1.29 is 5.11 Å². The van der Waals surface area contributed by atoms with Gasteiger partial charge in [0.05, 0.1) is 0 Å². The van der Waals surface area contributed by atoms with Gasteiger partial charge in [-0.25, -0.2) is 0 Å². The maximum atomic E-state index is 8.94. The first kappa shape index (κ1) is 13.9. The van der Waals surface area contributed by atoms with Gasteiger partial charge in [0, 0.05) is 31.8 Å². The fraction of sp³-hybridized carbons (Fsp3) is 1.00. The number of likely N-dealkylation sites (N-methyl/N-ethyl adjacent to an activating group) is 3. The van der Waals surface area contributed by atoms with E-state index in [2.05, 4.69) is 29.2 Å².